The third-order valence-corrected chi connectivity index (χ3v) is 5.73. The molecule has 0 aromatic heterocycles. The second-order valence-electron chi connectivity index (χ2n) is 7.42. The largest absolute Gasteiger partial charge is 0.494 e. The minimum Gasteiger partial charge on any atom is -0.494 e. The number of ether oxygens (including phenoxy) is 3. The number of nitrogens with zero attached hydrogens (tertiary/aromatic N) is 1. The van der Waals surface area contributed by atoms with Crippen LogP contribution in [0.1, 0.15) is 16.7 Å². The fourth-order valence-corrected chi connectivity index (χ4v) is 4.17. The molecular formula is C24H21FN2O3. The van der Waals surface area contributed by atoms with Gasteiger partial charge in [0.1, 0.15) is 12.4 Å². The number of nitrogens with two attached hydrogens (primary N) is 1. The Morgan fingerprint density at radius 2 is 1.87 bits per heavy atom. The molecule has 0 amide bonds. The maximum atomic E-state index is 14.9. The Morgan fingerprint density at radius 3 is 2.67 bits per heavy atom. The van der Waals surface area contributed by atoms with Gasteiger partial charge in [-0.1, -0.05) is 36.4 Å². The van der Waals surface area contributed by atoms with Crippen molar-refractivity contribution in [2.45, 2.75) is 12.0 Å². The average molecular weight is 404 g/mol. The molecule has 2 heterocycles. The van der Waals surface area contributed by atoms with Crippen LogP contribution in [0.3, 0.4) is 0 Å². The highest BCUT2D eigenvalue weighted by molar-refractivity contribution is 5.76. The molecule has 1 atom stereocenters. The summed E-state index contributed by atoms with van der Waals surface area (Å²) >= 11 is 0. The van der Waals surface area contributed by atoms with Gasteiger partial charge in [0.2, 0.25) is 0 Å². The first-order valence-corrected chi connectivity index (χ1v) is 9.78. The number of halogens is 1. The van der Waals surface area contributed by atoms with E-state index in [1.165, 1.54) is 7.11 Å². The molecule has 6 heteroatoms. The van der Waals surface area contributed by atoms with Gasteiger partial charge in [-0.15, -0.1) is 0 Å². The van der Waals surface area contributed by atoms with Crippen molar-refractivity contribution in [3.63, 3.8) is 0 Å². The zero-order valence-electron chi connectivity index (χ0n) is 16.5. The molecule has 3 aromatic carbocycles. The molecule has 2 N–H and O–H groups in total. The minimum absolute atomic E-state index is 0.143. The maximum absolute atomic E-state index is 14.9. The zero-order chi connectivity index (χ0) is 20.7. The van der Waals surface area contributed by atoms with Crippen LogP contribution in [0.25, 0.3) is 11.1 Å². The van der Waals surface area contributed by atoms with Crippen LogP contribution in [0.5, 0.6) is 11.5 Å². The summed E-state index contributed by atoms with van der Waals surface area (Å²) < 4.78 is 31.3. The van der Waals surface area contributed by atoms with Gasteiger partial charge in [0.25, 0.3) is 6.02 Å². The molecule has 2 aliphatic heterocycles. The summed E-state index contributed by atoms with van der Waals surface area (Å²) in [4.78, 5) is 4.69. The highest BCUT2D eigenvalue weighted by Crippen LogP contribution is 2.41. The summed E-state index contributed by atoms with van der Waals surface area (Å²) in [5.41, 5.74) is 9.32. The quantitative estimate of drug-likeness (QED) is 0.713. The Morgan fingerprint density at radius 1 is 1.03 bits per heavy atom. The molecule has 0 bridgehead atoms. The van der Waals surface area contributed by atoms with E-state index >= 15 is 0 Å². The minimum atomic E-state index is -0.799. The monoisotopic (exact) mass is 404 g/mol. The number of rotatable bonds is 4. The van der Waals surface area contributed by atoms with Crippen LogP contribution < -0.4 is 15.2 Å². The van der Waals surface area contributed by atoms with Crippen LogP contribution in [0.4, 0.5) is 4.39 Å². The third-order valence-electron chi connectivity index (χ3n) is 5.73. The van der Waals surface area contributed by atoms with E-state index in [-0.39, 0.29) is 18.4 Å². The normalized spacial score (nSPS) is 19.6. The number of hydrogen-bond donors (Lipinski definition) is 1. The fraction of sp³-hybridized carbons (Fsp3) is 0.208. The van der Waals surface area contributed by atoms with E-state index in [4.69, 9.17) is 19.9 Å². The van der Waals surface area contributed by atoms with Gasteiger partial charge in [0, 0.05) is 12.0 Å². The van der Waals surface area contributed by atoms with Crippen molar-refractivity contribution in [3.05, 3.63) is 83.2 Å². The Hall–Kier alpha value is -3.54. The molecule has 0 aliphatic carbocycles. The molecule has 30 heavy (non-hydrogen) atoms. The van der Waals surface area contributed by atoms with Crippen molar-refractivity contribution in [1.29, 1.82) is 0 Å². The van der Waals surface area contributed by atoms with Gasteiger partial charge in [-0.2, -0.15) is 0 Å². The molecule has 1 unspecified atom stereocenters. The third kappa shape index (κ3) is 2.87. The first-order valence-electron chi connectivity index (χ1n) is 9.78. The van der Waals surface area contributed by atoms with Crippen LogP contribution in [-0.2, 0) is 16.7 Å². The number of amidine groups is 1. The molecule has 2 aliphatic rings. The van der Waals surface area contributed by atoms with E-state index in [0.717, 1.165) is 34.4 Å². The van der Waals surface area contributed by atoms with Crippen LogP contribution in [0.2, 0.25) is 0 Å². The van der Waals surface area contributed by atoms with Gasteiger partial charge in [0.05, 0.1) is 13.7 Å². The lowest BCUT2D eigenvalue weighted by Gasteiger charge is -2.26. The summed E-state index contributed by atoms with van der Waals surface area (Å²) in [5, 5.41) is 0. The van der Waals surface area contributed by atoms with Crippen molar-refractivity contribution in [3.8, 4) is 22.6 Å². The predicted molar refractivity (Wildman–Crippen MR) is 112 cm³/mol. The van der Waals surface area contributed by atoms with E-state index < -0.39 is 11.4 Å². The smallest absolute Gasteiger partial charge is 0.283 e. The van der Waals surface area contributed by atoms with Gasteiger partial charge in [0.15, 0.2) is 17.1 Å². The van der Waals surface area contributed by atoms with Crippen LogP contribution in [0, 0.1) is 5.82 Å². The highest BCUT2D eigenvalue weighted by Gasteiger charge is 2.41. The fourth-order valence-electron chi connectivity index (χ4n) is 4.17. The molecule has 0 radical (unpaired) electrons. The van der Waals surface area contributed by atoms with Gasteiger partial charge in [-0.05, 0) is 46.5 Å². The Kier molecular flexibility index (Phi) is 4.35. The summed E-state index contributed by atoms with van der Waals surface area (Å²) in [7, 11) is 1.46. The molecule has 5 rings (SSSR count). The second kappa shape index (κ2) is 7.06. The van der Waals surface area contributed by atoms with Crippen molar-refractivity contribution < 1.29 is 18.6 Å². The van der Waals surface area contributed by atoms with Crippen LogP contribution in [-0.4, -0.2) is 26.3 Å². The maximum Gasteiger partial charge on any atom is 0.283 e. The lowest BCUT2D eigenvalue weighted by atomic mass is 9.82. The lowest BCUT2D eigenvalue weighted by molar-refractivity contribution is 0.278. The number of benzene rings is 3. The Bertz CT molecular complexity index is 1160. The summed E-state index contributed by atoms with van der Waals surface area (Å²) in [6.45, 7) is 0.959. The van der Waals surface area contributed by atoms with E-state index in [2.05, 4.69) is 11.1 Å². The van der Waals surface area contributed by atoms with Gasteiger partial charge < -0.3 is 19.9 Å². The first-order chi connectivity index (χ1) is 14.6. The number of aliphatic imine (C=N–C) groups is 1. The van der Waals surface area contributed by atoms with Crippen molar-refractivity contribution in [2.75, 3.05) is 20.3 Å². The van der Waals surface area contributed by atoms with Gasteiger partial charge >= 0.3 is 0 Å². The second-order valence-corrected chi connectivity index (χ2v) is 7.42. The summed E-state index contributed by atoms with van der Waals surface area (Å²) in [5.74, 6) is 0.709. The van der Waals surface area contributed by atoms with Gasteiger partial charge in [-0.25, -0.2) is 9.38 Å². The number of hydrogen-bond acceptors (Lipinski definition) is 5. The van der Waals surface area contributed by atoms with Gasteiger partial charge in [-0.3, -0.25) is 0 Å². The van der Waals surface area contributed by atoms with Crippen molar-refractivity contribution >= 4 is 6.02 Å². The van der Waals surface area contributed by atoms with E-state index in [0.29, 0.717) is 12.2 Å². The molecule has 0 saturated carbocycles. The average Bonchev–Trinajstić information content (AvgIpc) is 3.40. The Labute approximate surface area is 173 Å². The summed E-state index contributed by atoms with van der Waals surface area (Å²) in [6.07, 6.45) is 0.856. The molecule has 0 spiro atoms. The molecule has 3 aromatic rings. The SMILES string of the molecule is COc1cccc(-c2cccc(C3(c4ccc5c(c4)CCO5)COC(N)=N3)c2)c1F. The standard InChI is InChI=1S/C24H21FN2O3/c1-28-21-7-3-6-19(22(21)25)15-4-2-5-17(12-15)24(14-30-23(26)27-24)18-8-9-20-16(13-18)10-11-29-20/h2-9,12-13H,10-11,14H2,1H3,(H2,26,27). The van der Waals surface area contributed by atoms with E-state index in [1.54, 1.807) is 18.2 Å². The number of methoxy groups -OCH3 is 1. The summed E-state index contributed by atoms with van der Waals surface area (Å²) in [6, 6.07) is 19.0. The highest BCUT2D eigenvalue weighted by atomic mass is 19.1. The van der Waals surface area contributed by atoms with E-state index in [1.807, 2.05) is 36.4 Å². The molecule has 152 valence electrons. The Balaban J connectivity index is 1.65. The first kappa shape index (κ1) is 18.5. The van der Waals surface area contributed by atoms with E-state index in [9.17, 15) is 4.39 Å². The topological polar surface area (TPSA) is 66.1 Å². The number of fused-ring (bicyclic) bond motifs is 1. The lowest BCUT2D eigenvalue weighted by Crippen LogP contribution is -2.27. The predicted octanol–water partition coefficient (Wildman–Crippen LogP) is 4.02. The molecule has 5 nitrogen and oxygen atoms in total. The zero-order valence-corrected chi connectivity index (χ0v) is 16.5. The molecular weight excluding hydrogens is 383 g/mol. The van der Waals surface area contributed by atoms with Crippen LogP contribution in [0.15, 0.2) is 65.7 Å². The van der Waals surface area contributed by atoms with Crippen LogP contribution >= 0.6 is 0 Å². The van der Waals surface area contributed by atoms with Crippen molar-refractivity contribution in [1.82, 2.24) is 0 Å². The molecule has 0 fully saturated rings. The van der Waals surface area contributed by atoms with Crippen molar-refractivity contribution in [2.24, 2.45) is 10.7 Å². The molecule has 0 saturated heterocycles.